The van der Waals surface area contributed by atoms with Crippen molar-refractivity contribution in [1.82, 2.24) is 4.98 Å². The standard InChI is InChI=1S/C11H10FN3O2S/c1-5-4-18-11(14-5)15-7-3-2-6(12)9(13)8(7)10(16)17/h2-4H,13H2,1H3,(H,14,15)(H,16,17). The summed E-state index contributed by atoms with van der Waals surface area (Å²) >= 11 is 1.33. The summed E-state index contributed by atoms with van der Waals surface area (Å²) in [6.45, 7) is 1.82. The highest BCUT2D eigenvalue weighted by molar-refractivity contribution is 7.13. The normalized spacial score (nSPS) is 10.3. The van der Waals surface area contributed by atoms with Crippen molar-refractivity contribution in [3.8, 4) is 0 Å². The summed E-state index contributed by atoms with van der Waals surface area (Å²) in [5.41, 5.74) is 5.79. The van der Waals surface area contributed by atoms with Crippen LogP contribution in [0, 0.1) is 12.7 Å². The number of nitrogen functional groups attached to an aromatic ring is 1. The Balaban J connectivity index is 2.44. The summed E-state index contributed by atoms with van der Waals surface area (Å²) in [7, 11) is 0. The number of carboxylic acids is 1. The van der Waals surface area contributed by atoms with Crippen LogP contribution in [0.3, 0.4) is 0 Å². The molecule has 0 aliphatic carbocycles. The number of aromatic carboxylic acids is 1. The summed E-state index contributed by atoms with van der Waals surface area (Å²) in [4.78, 5) is 15.2. The maximum absolute atomic E-state index is 13.2. The van der Waals surface area contributed by atoms with E-state index in [2.05, 4.69) is 10.3 Å². The maximum atomic E-state index is 13.2. The minimum absolute atomic E-state index is 0.218. The van der Waals surface area contributed by atoms with Gasteiger partial charge in [0.25, 0.3) is 0 Å². The first kappa shape index (κ1) is 12.3. The number of thiazole rings is 1. The van der Waals surface area contributed by atoms with E-state index < -0.39 is 11.8 Å². The third-order valence-electron chi connectivity index (χ3n) is 2.27. The molecular formula is C11H10FN3O2S. The molecule has 5 nitrogen and oxygen atoms in total. The molecule has 0 atom stereocenters. The van der Waals surface area contributed by atoms with Crippen molar-refractivity contribution >= 4 is 33.8 Å². The van der Waals surface area contributed by atoms with Gasteiger partial charge in [-0.3, -0.25) is 0 Å². The highest BCUT2D eigenvalue weighted by atomic mass is 32.1. The van der Waals surface area contributed by atoms with Crippen molar-refractivity contribution in [3.63, 3.8) is 0 Å². The van der Waals surface area contributed by atoms with Crippen molar-refractivity contribution in [2.24, 2.45) is 0 Å². The number of hydrogen-bond acceptors (Lipinski definition) is 5. The van der Waals surface area contributed by atoms with E-state index in [-0.39, 0.29) is 16.9 Å². The van der Waals surface area contributed by atoms with Gasteiger partial charge in [0.1, 0.15) is 11.4 Å². The van der Waals surface area contributed by atoms with Crippen LogP contribution in [0.2, 0.25) is 0 Å². The van der Waals surface area contributed by atoms with E-state index in [9.17, 15) is 9.18 Å². The van der Waals surface area contributed by atoms with Gasteiger partial charge in [0.2, 0.25) is 0 Å². The van der Waals surface area contributed by atoms with Crippen molar-refractivity contribution in [1.29, 1.82) is 0 Å². The average Bonchev–Trinajstić information content (AvgIpc) is 2.69. The summed E-state index contributed by atoms with van der Waals surface area (Å²) in [5.74, 6) is -2.05. The molecule has 0 fully saturated rings. The fourth-order valence-corrected chi connectivity index (χ4v) is 2.16. The zero-order chi connectivity index (χ0) is 13.3. The molecular weight excluding hydrogens is 257 g/mol. The van der Waals surface area contributed by atoms with Crippen LogP contribution in [0.15, 0.2) is 17.5 Å². The Labute approximate surface area is 106 Å². The lowest BCUT2D eigenvalue weighted by molar-refractivity contribution is 0.0698. The van der Waals surface area contributed by atoms with Crippen molar-refractivity contribution in [2.75, 3.05) is 11.1 Å². The van der Waals surface area contributed by atoms with Gasteiger partial charge in [-0.05, 0) is 19.1 Å². The third kappa shape index (κ3) is 2.25. The first-order valence-corrected chi connectivity index (χ1v) is 5.87. The number of benzene rings is 1. The highest BCUT2D eigenvalue weighted by Crippen LogP contribution is 2.29. The van der Waals surface area contributed by atoms with Gasteiger partial charge in [-0.2, -0.15) is 0 Å². The number of carbonyl (C=O) groups is 1. The fourth-order valence-electron chi connectivity index (χ4n) is 1.46. The number of nitrogens with one attached hydrogen (secondary N) is 1. The molecule has 0 amide bonds. The quantitative estimate of drug-likeness (QED) is 0.744. The molecule has 0 spiro atoms. The molecule has 0 aliphatic heterocycles. The van der Waals surface area contributed by atoms with Crippen LogP contribution in [0.1, 0.15) is 16.1 Å². The molecule has 0 aliphatic rings. The molecule has 0 radical (unpaired) electrons. The van der Waals surface area contributed by atoms with Crippen molar-refractivity contribution in [3.05, 3.63) is 34.6 Å². The molecule has 1 aromatic heterocycles. The van der Waals surface area contributed by atoms with E-state index in [4.69, 9.17) is 10.8 Å². The number of nitrogens with two attached hydrogens (primary N) is 1. The molecule has 0 bridgehead atoms. The van der Waals surface area contributed by atoms with Crippen LogP contribution < -0.4 is 11.1 Å². The maximum Gasteiger partial charge on any atom is 0.340 e. The second-order valence-electron chi connectivity index (χ2n) is 3.61. The van der Waals surface area contributed by atoms with Gasteiger partial charge in [-0.1, -0.05) is 0 Å². The number of aromatic nitrogens is 1. The van der Waals surface area contributed by atoms with Gasteiger partial charge < -0.3 is 16.2 Å². The molecule has 0 saturated heterocycles. The fraction of sp³-hybridized carbons (Fsp3) is 0.0909. The minimum Gasteiger partial charge on any atom is -0.478 e. The SMILES string of the molecule is Cc1csc(Nc2ccc(F)c(N)c2C(=O)O)n1. The minimum atomic E-state index is -1.29. The van der Waals surface area contributed by atoms with Crippen LogP contribution in [-0.2, 0) is 0 Å². The van der Waals surface area contributed by atoms with Crippen molar-refractivity contribution in [2.45, 2.75) is 6.92 Å². The Morgan fingerprint density at radius 3 is 2.83 bits per heavy atom. The summed E-state index contributed by atoms with van der Waals surface area (Å²) < 4.78 is 13.2. The molecule has 4 N–H and O–H groups in total. The largest absolute Gasteiger partial charge is 0.478 e. The first-order chi connectivity index (χ1) is 8.49. The van der Waals surface area contributed by atoms with Gasteiger partial charge in [0, 0.05) is 5.38 Å². The van der Waals surface area contributed by atoms with Crippen LogP contribution in [-0.4, -0.2) is 16.1 Å². The zero-order valence-electron chi connectivity index (χ0n) is 9.40. The lowest BCUT2D eigenvalue weighted by atomic mass is 10.1. The van der Waals surface area contributed by atoms with E-state index in [1.807, 2.05) is 12.3 Å². The van der Waals surface area contributed by atoms with Gasteiger partial charge in [0.05, 0.1) is 17.1 Å². The molecule has 2 rings (SSSR count). The Hall–Kier alpha value is -2.15. The Kier molecular flexibility index (Phi) is 3.15. The van der Waals surface area contributed by atoms with Crippen LogP contribution in [0.5, 0.6) is 0 Å². The third-order valence-corrected chi connectivity index (χ3v) is 3.14. The lowest BCUT2D eigenvalue weighted by Gasteiger charge is -2.09. The first-order valence-electron chi connectivity index (χ1n) is 4.99. The van der Waals surface area contributed by atoms with E-state index >= 15 is 0 Å². The second kappa shape index (κ2) is 4.61. The van der Waals surface area contributed by atoms with Gasteiger partial charge in [-0.15, -0.1) is 11.3 Å². The van der Waals surface area contributed by atoms with E-state index in [0.29, 0.717) is 5.13 Å². The number of carboxylic acid groups (broad SMARTS) is 1. The Bertz CT molecular complexity index is 612. The van der Waals surface area contributed by atoms with E-state index in [1.165, 1.54) is 17.4 Å². The Morgan fingerprint density at radius 2 is 2.28 bits per heavy atom. The van der Waals surface area contributed by atoms with Crippen LogP contribution in [0.4, 0.5) is 20.9 Å². The van der Waals surface area contributed by atoms with Crippen LogP contribution >= 0.6 is 11.3 Å². The predicted molar refractivity (Wildman–Crippen MR) is 67.9 cm³/mol. The molecule has 0 unspecified atom stereocenters. The summed E-state index contributed by atoms with van der Waals surface area (Å²) in [6.07, 6.45) is 0. The second-order valence-corrected chi connectivity index (χ2v) is 4.47. The molecule has 2 aromatic rings. The number of halogens is 1. The number of rotatable bonds is 3. The number of anilines is 3. The van der Waals surface area contributed by atoms with Gasteiger partial charge in [0.15, 0.2) is 5.13 Å². The Morgan fingerprint density at radius 1 is 1.56 bits per heavy atom. The van der Waals surface area contributed by atoms with Crippen LogP contribution in [0.25, 0.3) is 0 Å². The van der Waals surface area contributed by atoms with E-state index in [1.54, 1.807) is 0 Å². The monoisotopic (exact) mass is 267 g/mol. The smallest absolute Gasteiger partial charge is 0.340 e. The molecule has 7 heteroatoms. The molecule has 1 heterocycles. The van der Waals surface area contributed by atoms with Gasteiger partial charge >= 0.3 is 5.97 Å². The molecule has 18 heavy (non-hydrogen) atoms. The predicted octanol–water partition coefficient (Wildman–Crippen LogP) is 2.61. The molecule has 0 saturated carbocycles. The topological polar surface area (TPSA) is 88.2 Å². The van der Waals surface area contributed by atoms with E-state index in [0.717, 1.165) is 11.8 Å². The molecule has 1 aromatic carbocycles. The number of nitrogens with zero attached hydrogens (tertiary/aromatic N) is 1. The number of hydrogen-bond donors (Lipinski definition) is 3. The summed E-state index contributed by atoms with van der Waals surface area (Å²) in [6, 6.07) is 2.44. The van der Waals surface area contributed by atoms with Crippen molar-refractivity contribution < 1.29 is 14.3 Å². The highest BCUT2D eigenvalue weighted by Gasteiger charge is 2.18. The zero-order valence-corrected chi connectivity index (χ0v) is 10.2. The number of aryl methyl sites for hydroxylation is 1. The molecule has 94 valence electrons. The van der Waals surface area contributed by atoms with Gasteiger partial charge in [-0.25, -0.2) is 14.2 Å². The average molecular weight is 267 g/mol. The lowest BCUT2D eigenvalue weighted by Crippen LogP contribution is -2.08. The summed E-state index contributed by atoms with van der Waals surface area (Å²) in [5, 5.41) is 14.2.